The summed E-state index contributed by atoms with van der Waals surface area (Å²) in [6.07, 6.45) is 0.277. The molecule has 0 radical (unpaired) electrons. The third-order valence-corrected chi connectivity index (χ3v) is 5.38. The van der Waals surface area contributed by atoms with Crippen LogP contribution in [0.2, 0.25) is 0 Å². The number of nitrogens with zero attached hydrogens (tertiary/aromatic N) is 6. The van der Waals surface area contributed by atoms with Crippen LogP contribution in [0.15, 0.2) is 23.2 Å². The van der Waals surface area contributed by atoms with E-state index in [4.69, 9.17) is 4.52 Å². The first-order chi connectivity index (χ1) is 14.4. The molecular weight excluding hydrogens is 401 g/mol. The summed E-state index contributed by atoms with van der Waals surface area (Å²) in [5.41, 5.74) is -0.367. The maximum absolute atomic E-state index is 13.7. The predicted molar refractivity (Wildman–Crippen MR) is 99.4 cm³/mol. The van der Waals surface area contributed by atoms with Crippen LogP contribution in [0, 0.1) is 0 Å². The Morgan fingerprint density at radius 1 is 1.37 bits per heavy atom. The summed E-state index contributed by atoms with van der Waals surface area (Å²) < 4.78 is 47.9. The van der Waals surface area contributed by atoms with Crippen molar-refractivity contribution in [1.82, 2.24) is 29.8 Å². The lowest BCUT2D eigenvalue weighted by atomic mass is 9.91. The number of alkyl halides is 3. The monoisotopic (exact) mass is 422 g/mol. The molecule has 3 aromatic rings. The average molecular weight is 422 g/mol. The van der Waals surface area contributed by atoms with Crippen LogP contribution in [-0.2, 0) is 23.9 Å². The van der Waals surface area contributed by atoms with E-state index in [-0.39, 0.29) is 35.0 Å². The number of piperidine rings is 1. The minimum absolute atomic E-state index is 0.0783. The molecule has 8 nitrogen and oxygen atoms in total. The number of likely N-dealkylation sites (tertiary alicyclic amines) is 1. The fourth-order valence-corrected chi connectivity index (χ4v) is 3.85. The fraction of sp³-hybridized carbons (Fsp3) is 0.526. The van der Waals surface area contributed by atoms with Gasteiger partial charge in [0.2, 0.25) is 5.91 Å². The highest BCUT2D eigenvalue weighted by Crippen LogP contribution is 2.40. The first-order valence-corrected chi connectivity index (χ1v) is 9.83. The highest BCUT2D eigenvalue weighted by atomic mass is 19.4. The molecule has 0 saturated carbocycles. The second kappa shape index (κ2) is 8.04. The molecule has 0 unspecified atom stereocenters. The van der Waals surface area contributed by atoms with Crippen LogP contribution in [0.5, 0.6) is 0 Å². The minimum atomic E-state index is -4.55. The summed E-state index contributed by atoms with van der Waals surface area (Å²) >= 11 is 0. The van der Waals surface area contributed by atoms with Crippen molar-refractivity contribution in [1.29, 1.82) is 0 Å². The van der Waals surface area contributed by atoms with Gasteiger partial charge in [-0.25, -0.2) is 9.97 Å². The summed E-state index contributed by atoms with van der Waals surface area (Å²) in [6, 6.07) is 1.06. The normalized spacial score (nSPS) is 17.6. The van der Waals surface area contributed by atoms with Crippen molar-refractivity contribution in [2.24, 2.45) is 0 Å². The molecule has 3 aromatic heterocycles. The van der Waals surface area contributed by atoms with Gasteiger partial charge in [-0.3, -0.25) is 9.48 Å². The Balaban J connectivity index is 1.58. The van der Waals surface area contributed by atoms with Crippen LogP contribution in [0.4, 0.5) is 13.2 Å². The Kier molecular flexibility index (Phi) is 5.44. The van der Waals surface area contributed by atoms with Crippen LogP contribution in [0.1, 0.15) is 49.1 Å². The van der Waals surface area contributed by atoms with E-state index in [0.717, 1.165) is 6.07 Å². The summed E-state index contributed by atoms with van der Waals surface area (Å²) in [4.78, 5) is 22.3. The topological polar surface area (TPSA) is 89.9 Å². The van der Waals surface area contributed by atoms with E-state index in [0.29, 0.717) is 44.6 Å². The number of pyridine rings is 1. The Morgan fingerprint density at radius 2 is 2.20 bits per heavy atom. The molecule has 1 amide bonds. The number of hydrogen-bond donors (Lipinski definition) is 0. The summed E-state index contributed by atoms with van der Waals surface area (Å²) in [5.74, 6) is -0.420. The molecule has 11 heteroatoms. The molecule has 160 valence electrons. The number of carbonyl (C=O) groups is 1. The summed E-state index contributed by atoms with van der Waals surface area (Å²) in [5, 5.41) is 7.82. The quantitative estimate of drug-likeness (QED) is 0.627. The maximum Gasteiger partial charge on any atom is 0.417 e. The number of aromatic nitrogens is 5. The molecule has 0 aliphatic carbocycles. The Bertz CT molecular complexity index is 1030. The Labute approximate surface area is 170 Å². The highest BCUT2D eigenvalue weighted by Gasteiger charge is 2.38. The minimum Gasteiger partial charge on any atom is -0.342 e. The third-order valence-electron chi connectivity index (χ3n) is 5.38. The molecule has 1 aliphatic rings. The molecular formula is C19H21F3N6O2. The van der Waals surface area contributed by atoms with Crippen molar-refractivity contribution in [3.8, 4) is 0 Å². The molecule has 1 saturated heterocycles. The molecule has 1 aliphatic heterocycles. The van der Waals surface area contributed by atoms with Crippen LogP contribution >= 0.6 is 0 Å². The van der Waals surface area contributed by atoms with E-state index in [1.54, 1.807) is 16.5 Å². The maximum atomic E-state index is 13.7. The predicted octanol–water partition coefficient (Wildman–Crippen LogP) is 3.19. The number of fused-ring (bicyclic) bond motifs is 1. The molecule has 4 heterocycles. The standard InChI is InChI=1S/C19H21F3N6O2/c1-2-13-8-14(19(20,21)22)16-17(26-30-18(16)25-13)12-4-3-6-27(9-12)15(29)5-7-28-11-23-10-24-28/h8,10-12H,2-7,9H2,1H3/t12-/m1/s1. The van der Waals surface area contributed by atoms with Crippen molar-refractivity contribution in [3.63, 3.8) is 0 Å². The van der Waals surface area contributed by atoms with Gasteiger partial charge >= 0.3 is 6.18 Å². The van der Waals surface area contributed by atoms with E-state index in [9.17, 15) is 18.0 Å². The van der Waals surface area contributed by atoms with E-state index in [1.165, 1.54) is 12.7 Å². The van der Waals surface area contributed by atoms with Gasteiger partial charge < -0.3 is 9.42 Å². The summed E-state index contributed by atoms with van der Waals surface area (Å²) in [7, 11) is 0. The third kappa shape index (κ3) is 4.01. The SMILES string of the molecule is CCc1cc(C(F)(F)F)c2c([C@@H]3CCCN(C(=O)CCn4cncn4)C3)noc2n1. The molecule has 4 rings (SSSR count). The largest absolute Gasteiger partial charge is 0.417 e. The van der Waals surface area contributed by atoms with E-state index >= 15 is 0 Å². The lowest BCUT2D eigenvalue weighted by molar-refractivity contribution is -0.136. The number of halogens is 3. The second-order valence-corrected chi connectivity index (χ2v) is 7.35. The number of amides is 1. The first kappa shape index (κ1) is 20.3. The average Bonchev–Trinajstić information content (AvgIpc) is 3.40. The lowest BCUT2D eigenvalue weighted by Crippen LogP contribution is -2.39. The zero-order valence-corrected chi connectivity index (χ0v) is 16.4. The van der Waals surface area contributed by atoms with E-state index in [1.807, 2.05) is 0 Å². The van der Waals surface area contributed by atoms with Crippen molar-refractivity contribution in [2.75, 3.05) is 13.1 Å². The Hall–Kier alpha value is -2.98. The van der Waals surface area contributed by atoms with Gasteiger partial charge in [-0.15, -0.1) is 0 Å². The van der Waals surface area contributed by atoms with Crippen molar-refractivity contribution in [3.05, 3.63) is 35.7 Å². The van der Waals surface area contributed by atoms with Gasteiger partial charge in [0.25, 0.3) is 5.71 Å². The van der Waals surface area contributed by atoms with Gasteiger partial charge in [-0.2, -0.15) is 18.3 Å². The molecule has 0 spiro atoms. The van der Waals surface area contributed by atoms with Gasteiger partial charge in [0.15, 0.2) is 0 Å². The van der Waals surface area contributed by atoms with E-state index in [2.05, 4.69) is 20.2 Å². The van der Waals surface area contributed by atoms with Crippen LogP contribution in [0.3, 0.4) is 0 Å². The number of aryl methyl sites for hydroxylation is 2. The second-order valence-electron chi connectivity index (χ2n) is 7.35. The van der Waals surface area contributed by atoms with Crippen molar-refractivity contribution >= 4 is 17.0 Å². The van der Waals surface area contributed by atoms with Crippen LogP contribution < -0.4 is 0 Å². The molecule has 30 heavy (non-hydrogen) atoms. The molecule has 0 aromatic carbocycles. The van der Waals surface area contributed by atoms with Crippen molar-refractivity contribution < 1.29 is 22.5 Å². The molecule has 1 atom stereocenters. The highest BCUT2D eigenvalue weighted by molar-refractivity contribution is 5.82. The number of hydrogen-bond acceptors (Lipinski definition) is 6. The summed E-state index contributed by atoms with van der Waals surface area (Å²) in [6.45, 7) is 2.99. The zero-order valence-electron chi connectivity index (χ0n) is 16.4. The van der Waals surface area contributed by atoms with Gasteiger partial charge in [-0.05, 0) is 25.3 Å². The smallest absolute Gasteiger partial charge is 0.342 e. The molecule has 0 bridgehead atoms. The van der Waals surface area contributed by atoms with Gasteiger partial charge in [0.1, 0.15) is 12.7 Å². The van der Waals surface area contributed by atoms with Gasteiger partial charge in [-0.1, -0.05) is 12.1 Å². The lowest BCUT2D eigenvalue weighted by Gasteiger charge is -2.32. The number of rotatable bonds is 5. The first-order valence-electron chi connectivity index (χ1n) is 9.83. The van der Waals surface area contributed by atoms with Gasteiger partial charge in [0.05, 0.1) is 23.2 Å². The molecule has 1 fully saturated rings. The zero-order chi connectivity index (χ0) is 21.3. The van der Waals surface area contributed by atoms with Crippen LogP contribution in [0.25, 0.3) is 11.1 Å². The van der Waals surface area contributed by atoms with Gasteiger partial charge in [0, 0.05) is 31.1 Å². The van der Waals surface area contributed by atoms with Crippen molar-refractivity contribution in [2.45, 2.75) is 51.2 Å². The number of carbonyl (C=O) groups excluding carboxylic acids is 1. The molecule has 0 N–H and O–H groups in total. The Morgan fingerprint density at radius 3 is 2.90 bits per heavy atom. The van der Waals surface area contributed by atoms with E-state index < -0.39 is 11.7 Å². The van der Waals surface area contributed by atoms with Crippen LogP contribution in [-0.4, -0.2) is 48.8 Å². The fourth-order valence-electron chi connectivity index (χ4n) is 3.85.